The highest BCUT2D eigenvalue weighted by Gasteiger charge is 2.29. The Morgan fingerprint density at radius 1 is 1.05 bits per heavy atom. The molecule has 0 fully saturated rings. The summed E-state index contributed by atoms with van der Waals surface area (Å²) in [5, 5.41) is 14.7. The number of rotatable bonds is 10. The van der Waals surface area contributed by atoms with Crippen LogP contribution in [0.3, 0.4) is 0 Å². The number of hydrogen-bond donors (Lipinski definition) is 1. The van der Waals surface area contributed by atoms with E-state index >= 15 is 0 Å². The number of alkyl halides is 3. The van der Waals surface area contributed by atoms with Crippen LogP contribution in [0.25, 0.3) is 23.1 Å². The summed E-state index contributed by atoms with van der Waals surface area (Å²) in [5.74, 6) is 1.63. The zero-order chi connectivity index (χ0) is 26.5. The number of imidazole rings is 1. The summed E-state index contributed by atoms with van der Waals surface area (Å²) in [6, 6.07) is 10.6. The molecule has 0 amide bonds. The van der Waals surface area contributed by atoms with Crippen LogP contribution in [0.15, 0.2) is 71.7 Å². The van der Waals surface area contributed by atoms with E-state index in [2.05, 4.69) is 15.1 Å². The molecule has 0 aliphatic rings. The number of nitrogens with zero attached hydrogens (tertiary/aromatic N) is 5. The van der Waals surface area contributed by atoms with E-state index in [-0.39, 0.29) is 13.2 Å². The average molecular weight is 524 g/mol. The number of aryl methyl sites for hydroxylation is 2. The van der Waals surface area contributed by atoms with Crippen molar-refractivity contribution >= 4 is 23.1 Å². The number of benzene rings is 2. The van der Waals surface area contributed by atoms with Gasteiger partial charge in [0.25, 0.3) is 0 Å². The van der Waals surface area contributed by atoms with Crippen molar-refractivity contribution in [1.82, 2.24) is 24.3 Å². The smallest absolute Gasteiger partial charge is 0.416 e. The highest BCUT2D eigenvalue weighted by Crippen LogP contribution is 2.29. The maximum atomic E-state index is 12.7. The molecule has 3 aromatic heterocycles. The normalized spacial score (nSPS) is 12.1. The number of aliphatic hydroxyl groups is 1. The minimum atomic E-state index is -4.36. The number of halogens is 3. The number of aliphatic hydroxyl groups excluding tert-OH is 1. The van der Waals surface area contributed by atoms with E-state index in [9.17, 15) is 18.3 Å². The van der Waals surface area contributed by atoms with Gasteiger partial charge in [0.15, 0.2) is 0 Å². The minimum absolute atomic E-state index is 0.0877. The third kappa shape index (κ3) is 5.94. The Labute approximate surface area is 215 Å². The van der Waals surface area contributed by atoms with Crippen LogP contribution in [0.1, 0.15) is 35.0 Å². The van der Waals surface area contributed by atoms with Crippen LogP contribution in [-0.4, -0.2) is 29.4 Å². The molecule has 38 heavy (non-hydrogen) atoms. The lowest BCUT2D eigenvalue weighted by Crippen LogP contribution is -2.07. The Morgan fingerprint density at radius 2 is 1.89 bits per heavy atom. The number of fused-ring (bicyclic) bond motifs is 1. The molecule has 0 radical (unpaired) electrons. The topological polar surface area (TPSA) is 91.1 Å². The standard InChI is InChI=1S/C27H24F3N5O3/c28-27(29,30)21-5-2-19(3-6-21)4-9-26-33-22(18-38-26)17-37-23-7-8-24-20(14-23)15-32-35(24)12-1-11-34-13-10-31-25(34)16-36/h2-10,13-15,18,36H,1,11-12,16-17H2/b9-4+. The van der Waals surface area contributed by atoms with Gasteiger partial charge < -0.3 is 18.8 Å². The second kappa shape index (κ2) is 10.9. The summed E-state index contributed by atoms with van der Waals surface area (Å²) >= 11 is 0. The Kier molecular flexibility index (Phi) is 7.27. The van der Waals surface area contributed by atoms with Gasteiger partial charge in [0.1, 0.15) is 36.7 Å². The molecule has 3 heterocycles. The SMILES string of the molecule is OCc1nccn1CCCn1ncc2cc(OCc3coc(/C=C/c4ccc(C(F)(F)F)cc4)n3)ccc21. The van der Waals surface area contributed by atoms with Crippen LogP contribution < -0.4 is 4.74 Å². The summed E-state index contributed by atoms with van der Waals surface area (Å²) in [6.45, 7) is 1.55. The molecule has 0 aliphatic heterocycles. The van der Waals surface area contributed by atoms with Gasteiger partial charge >= 0.3 is 6.18 Å². The fraction of sp³-hybridized carbons (Fsp3) is 0.222. The van der Waals surface area contributed by atoms with Gasteiger partial charge in [0, 0.05) is 36.9 Å². The molecule has 11 heteroatoms. The summed E-state index contributed by atoms with van der Waals surface area (Å²) in [4.78, 5) is 8.45. The van der Waals surface area contributed by atoms with Gasteiger partial charge in [-0.2, -0.15) is 18.3 Å². The van der Waals surface area contributed by atoms with Crippen molar-refractivity contribution in [2.45, 2.75) is 38.9 Å². The lowest BCUT2D eigenvalue weighted by atomic mass is 10.1. The zero-order valence-corrected chi connectivity index (χ0v) is 20.2. The molecule has 2 aromatic carbocycles. The van der Waals surface area contributed by atoms with Crippen molar-refractivity contribution in [2.24, 2.45) is 0 Å². The lowest BCUT2D eigenvalue weighted by molar-refractivity contribution is -0.137. The highest BCUT2D eigenvalue weighted by atomic mass is 19.4. The summed E-state index contributed by atoms with van der Waals surface area (Å²) in [5.41, 5.74) is 1.47. The van der Waals surface area contributed by atoms with Gasteiger partial charge in [-0.15, -0.1) is 0 Å². The fourth-order valence-electron chi connectivity index (χ4n) is 3.99. The van der Waals surface area contributed by atoms with Crippen molar-refractivity contribution in [2.75, 3.05) is 0 Å². The Balaban J connectivity index is 1.14. The van der Waals surface area contributed by atoms with Crippen LogP contribution in [0.5, 0.6) is 5.75 Å². The van der Waals surface area contributed by atoms with Gasteiger partial charge in [-0.3, -0.25) is 4.68 Å². The number of aromatic nitrogens is 5. The van der Waals surface area contributed by atoms with Crippen molar-refractivity contribution in [3.8, 4) is 5.75 Å². The van der Waals surface area contributed by atoms with Crippen LogP contribution in [-0.2, 0) is 32.5 Å². The zero-order valence-electron chi connectivity index (χ0n) is 20.2. The quantitative estimate of drug-likeness (QED) is 0.257. The van der Waals surface area contributed by atoms with Crippen LogP contribution >= 0.6 is 0 Å². The highest BCUT2D eigenvalue weighted by molar-refractivity contribution is 5.80. The molecule has 0 spiro atoms. The van der Waals surface area contributed by atoms with Gasteiger partial charge in [-0.25, -0.2) is 9.97 Å². The Morgan fingerprint density at radius 3 is 2.68 bits per heavy atom. The predicted molar refractivity (Wildman–Crippen MR) is 134 cm³/mol. The molecule has 196 valence electrons. The van der Waals surface area contributed by atoms with Crippen molar-refractivity contribution in [1.29, 1.82) is 0 Å². The first-order valence-electron chi connectivity index (χ1n) is 11.9. The Bertz CT molecular complexity index is 1530. The largest absolute Gasteiger partial charge is 0.487 e. The molecular formula is C27H24F3N5O3. The third-order valence-corrected chi connectivity index (χ3v) is 5.94. The summed E-state index contributed by atoms with van der Waals surface area (Å²) in [7, 11) is 0. The van der Waals surface area contributed by atoms with Crippen LogP contribution in [0.2, 0.25) is 0 Å². The number of oxazole rings is 1. The van der Waals surface area contributed by atoms with E-state index in [0.29, 0.717) is 35.3 Å². The van der Waals surface area contributed by atoms with Gasteiger partial charge in [-0.05, 0) is 48.4 Å². The Hall–Kier alpha value is -4.38. The minimum Gasteiger partial charge on any atom is -0.487 e. The molecule has 8 nitrogen and oxygen atoms in total. The first-order valence-corrected chi connectivity index (χ1v) is 11.9. The van der Waals surface area contributed by atoms with Gasteiger partial charge in [0.05, 0.1) is 17.3 Å². The van der Waals surface area contributed by atoms with E-state index in [0.717, 1.165) is 36.0 Å². The maximum Gasteiger partial charge on any atom is 0.416 e. The first kappa shape index (κ1) is 25.3. The van der Waals surface area contributed by atoms with Crippen LogP contribution in [0.4, 0.5) is 13.2 Å². The molecule has 5 rings (SSSR count). The maximum absolute atomic E-state index is 12.7. The van der Waals surface area contributed by atoms with Crippen LogP contribution in [0, 0.1) is 0 Å². The average Bonchev–Trinajstić information content (AvgIpc) is 3.66. The molecule has 5 aromatic rings. The second-order valence-corrected chi connectivity index (χ2v) is 8.56. The second-order valence-electron chi connectivity index (χ2n) is 8.56. The lowest BCUT2D eigenvalue weighted by Gasteiger charge is -2.08. The molecule has 1 N–H and O–H groups in total. The fourth-order valence-corrected chi connectivity index (χ4v) is 3.99. The first-order chi connectivity index (χ1) is 18.4. The van der Waals surface area contributed by atoms with Gasteiger partial charge in [0.2, 0.25) is 5.89 Å². The number of ether oxygens (including phenoxy) is 1. The molecule has 0 bridgehead atoms. The molecule has 0 saturated heterocycles. The molecule has 0 atom stereocenters. The van der Waals surface area contributed by atoms with Crippen molar-refractivity contribution in [3.05, 3.63) is 95.9 Å². The molecule has 0 aliphatic carbocycles. The number of hydrogen-bond acceptors (Lipinski definition) is 6. The van der Waals surface area contributed by atoms with E-state index < -0.39 is 11.7 Å². The molecule has 0 saturated carbocycles. The van der Waals surface area contributed by atoms with Crippen molar-refractivity contribution in [3.63, 3.8) is 0 Å². The third-order valence-electron chi connectivity index (χ3n) is 5.94. The van der Waals surface area contributed by atoms with E-state index in [4.69, 9.17) is 9.15 Å². The molecular weight excluding hydrogens is 499 g/mol. The summed E-state index contributed by atoms with van der Waals surface area (Å²) in [6.07, 6.45) is 6.48. The van der Waals surface area contributed by atoms with E-state index in [1.807, 2.05) is 33.6 Å². The van der Waals surface area contributed by atoms with Gasteiger partial charge in [-0.1, -0.05) is 12.1 Å². The van der Waals surface area contributed by atoms with E-state index in [1.165, 1.54) is 18.4 Å². The predicted octanol–water partition coefficient (Wildman–Crippen LogP) is 5.57. The monoisotopic (exact) mass is 523 g/mol. The summed E-state index contributed by atoms with van der Waals surface area (Å²) < 4.78 is 53.2. The molecule has 0 unspecified atom stereocenters. The van der Waals surface area contributed by atoms with Crippen molar-refractivity contribution < 1.29 is 27.4 Å². The van der Waals surface area contributed by atoms with E-state index in [1.54, 1.807) is 24.5 Å².